The predicted molar refractivity (Wildman–Crippen MR) is 147 cm³/mol. The van der Waals surface area contributed by atoms with Gasteiger partial charge < -0.3 is 9.80 Å². The van der Waals surface area contributed by atoms with Crippen LogP contribution in [0.2, 0.25) is 0 Å². The number of fused-ring (bicyclic) bond motifs is 2. The summed E-state index contributed by atoms with van der Waals surface area (Å²) in [6.07, 6.45) is 22.7. The van der Waals surface area contributed by atoms with E-state index in [-0.39, 0.29) is 0 Å². The molecular formula is C31H48N2. The van der Waals surface area contributed by atoms with Gasteiger partial charge in [0.05, 0.1) is 22.7 Å². The van der Waals surface area contributed by atoms with Gasteiger partial charge in [-0.1, -0.05) is 128 Å². The first-order chi connectivity index (χ1) is 16.3. The van der Waals surface area contributed by atoms with Crippen LogP contribution in [0.4, 0.5) is 22.7 Å². The minimum Gasteiger partial charge on any atom is -0.341 e. The van der Waals surface area contributed by atoms with Crippen LogP contribution < -0.4 is 9.80 Å². The number of para-hydroxylation sites is 4. The molecule has 33 heavy (non-hydrogen) atoms. The first-order valence-corrected chi connectivity index (χ1v) is 14.0. The third kappa shape index (κ3) is 8.09. The van der Waals surface area contributed by atoms with E-state index in [1.165, 1.54) is 125 Å². The molecule has 0 bridgehead atoms. The second kappa shape index (κ2) is 15.0. The average molecular weight is 449 g/mol. The van der Waals surface area contributed by atoms with E-state index in [2.05, 4.69) is 72.3 Å². The van der Waals surface area contributed by atoms with Gasteiger partial charge in [-0.15, -0.1) is 0 Å². The molecule has 0 fully saturated rings. The van der Waals surface area contributed by atoms with Gasteiger partial charge in [0.15, 0.2) is 0 Å². The Labute approximate surface area is 204 Å². The van der Waals surface area contributed by atoms with Crippen LogP contribution in [0.5, 0.6) is 0 Å². The smallest absolute Gasteiger partial charge is 0.0652 e. The summed E-state index contributed by atoms with van der Waals surface area (Å²) in [5.74, 6) is 0. The van der Waals surface area contributed by atoms with Gasteiger partial charge in [-0.3, -0.25) is 0 Å². The van der Waals surface area contributed by atoms with Gasteiger partial charge in [-0.2, -0.15) is 0 Å². The molecule has 182 valence electrons. The lowest BCUT2D eigenvalue weighted by molar-refractivity contribution is 0.530. The van der Waals surface area contributed by atoms with Crippen LogP contribution in [0.1, 0.15) is 110 Å². The number of unbranched alkanes of at least 4 members (excludes halogenated alkanes) is 15. The van der Waals surface area contributed by atoms with Crippen molar-refractivity contribution in [2.45, 2.75) is 110 Å². The van der Waals surface area contributed by atoms with Crippen molar-refractivity contribution >= 4 is 22.7 Å². The highest BCUT2D eigenvalue weighted by molar-refractivity contribution is 5.92. The normalized spacial score (nSPS) is 12.7. The molecule has 0 saturated carbocycles. The van der Waals surface area contributed by atoms with Gasteiger partial charge in [0.25, 0.3) is 0 Å². The molecule has 2 heteroatoms. The van der Waals surface area contributed by atoms with Crippen LogP contribution in [0.15, 0.2) is 48.5 Å². The second-order valence-corrected chi connectivity index (χ2v) is 9.99. The molecule has 0 spiro atoms. The zero-order valence-electron chi connectivity index (χ0n) is 21.5. The Kier molecular flexibility index (Phi) is 11.7. The fraction of sp³-hybridized carbons (Fsp3) is 0.613. The molecule has 0 aliphatic carbocycles. The van der Waals surface area contributed by atoms with E-state index in [4.69, 9.17) is 0 Å². The van der Waals surface area contributed by atoms with E-state index < -0.39 is 0 Å². The fourth-order valence-electron chi connectivity index (χ4n) is 5.27. The van der Waals surface area contributed by atoms with Gasteiger partial charge in [-0.05, 0) is 30.7 Å². The van der Waals surface area contributed by atoms with Crippen LogP contribution in [0.25, 0.3) is 0 Å². The van der Waals surface area contributed by atoms with Crippen molar-refractivity contribution < 1.29 is 0 Å². The SMILES string of the molecule is CCCCCCCCCCCCCCCCCCN1c2ccccc2N(C)c2ccccc21. The van der Waals surface area contributed by atoms with E-state index in [1.807, 2.05) is 0 Å². The molecule has 0 unspecified atom stereocenters. The van der Waals surface area contributed by atoms with Crippen LogP contribution in [0.3, 0.4) is 0 Å². The number of nitrogens with zero attached hydrogens (tertiary/aromatic N) is 2. The molecule has 0 N–H and O–H groups in total. The van der Waals surface area contributed by atoms with Crippen molar-refractivity contribution in [1.29, 1.82) is 0 Å². The number of rotatable bonds is 17. The Morgan fingerprint density at radius 2 is 0.788 bits per heavy atom. The molecule has 2 aromatic carbocycles. The molecule has 2 aromatic rings. The van der Waals surface area contributed by atoms with Gasteiger partial charge >= 0.3 is 0 Å². The minimum absolute atomic E-state index is 1.11. The molecule has 0 atom stereocenters. The molecule has 0 radical (unpaired) electrons. The van der Waals surface area contributed by atoms with Crippen LogP contribution >= 0.6 is 0 Å². The Morgan fingerprint density at radius 3 is 1.18 bits per heavy atom. The lowest BCUT2D eigenvalue weighted by Crippen LogP contribution is -2.28. The molecular weight excluding hydrogens is 400 g/mol. The topological polar surface area (TPSA) is 6.48 Å². The first-order valence-electron chi connectivity index (χ1n) is 14.0. The van der Waals surface area contributed by atoms with Gasteiger partial charge in [0.2, 0.25) is 0 Å². The van der Waals surface area contributed by atoms with E-state index >= 15 is 0 Å². The van der Waals surface area contributed by atoms with Gasteiger partial charge in [0.1, 0.15) is 0 Å². The Bertz CT molecular complexity index is 736. The summed E-state index contributed by atoms with van der Waals surface area (Å²) in [5, 5.41) is 0. The maximum Gasteiger partial charge on any atom is 0.0652 e. The number of anilines is 4. The van der Waals surface area contributed by atoms with Crippen LogP contribution in [-0.2, 0) is 0 Å². The maximum absolute atomic E-state index is 2.54. The summed E-state index contributed by atoms with van der Waals surface area (Å²) in [5.41, 5.74) is 5.32. The zero-order valence-corrected chi connectivity index (χ0v) is 21.5. The van der Waals surface area contributed by atoms with Crippen LogP contribution in [-0.4, -0.2) is 13.6 Å². The standard InChI is InChI=1S/C31H48N2/c1-3-4-5-6-7-8-9-10-11-12-13-14-15-16-17-22-27-33-30-25-20-18-23-28(30)32(2)29-24-19-21-26-31(29)33/h18-21,23-26H,3-17,22,27H2,1-2H3. The van der Waals surface area contributed by atoms with E-state index in [9.17, 15) is 0 Å². The van der Waals surface area contributed by atoms with Crippen molar-refractivity contribution in [2.24, 2.45) is 0 Å². The van der Waals surface area contributed by atoms with Crippen molar-refractivity contribution in [2.75, 3.05) is 23.4 Å². The monoisotopic (exact) mass is 448 g/mol. The summed E-state index contributed by atoms with van der Waals surface area (Å²) in [4.78, 5) is 4.86. The minimum atomic E-state index is 1.11. The molecule has 0 amide bonds. The Hall–Kier alpha value is -1.96. The Balaban J connectivity index is 1.24. The first kappa shape index (κ1) is 25.7. The molecule has 1 aliphatic rings. The molecule has 3 rings (SSSR count). The Morgan fingerprint density at radius 1 is 0.455 bits per heavy atom. The highest BCUT2D eigenvalue weighted by Gasteiger charge is 2.24. The number of hydrogen-bond acceptors (Lipinski definition) is 2. The van der Waals surface area contributed by atoms with Crippen molar-refractivity contribution in [1.82, 2.24) is 0 Å². The van der Waals surface area contributed by atoms with E-state index in [0.29, 0.717) is 0 Å². The molecule has 0 saturated heterocycles. The van der Waals surface area contributed by atoms with E-state index in [1.54, 1.807) is 0 Å². The lowest BCUT2D eigenvalue weighted by atomic mass is 10.0. The molecule has 1 aliphatic heterocycles. The lowest BCUT2D eigenvalue weighted by Gasteiger charge is -2.38. The van der Waals surface area contributed by atoms with Crippen molar-refractivity contribution in [3.63, 3.8) is 0 Å². The quantitative estimate of drug-likeness (QED) is 0.222. The number of hydrogen-bond donors (Lipinski definition) is 0. The van der Waals surface area contributed by atoms with Gasteiger partial charge in [-0.25, -0.2) is 0 Å². The second-order valence-electron chi connectivity index (χ2n) is 9.99. The molecule has 2 nitrogen and oxygen atoms in total. The maximum atomic E-state index is 2.54. The van der Waals surface area contributed by atoms with Crippen molar-refractivity contribution in [3.05, 3.63) is 48.5 Å². The molecule has 1 heterocycles. The highest BCUT2D eigenvalue weighted by atomic mass is 15.3. The zero-order chi connectivity index (χ0) is 23.1. The predicted octanol–water partition coefficient (Wildman–Crippen LogP) is 10.2. The highest BCUT2D eigenvalue weighted by Crippen LogP contribution is 2.46. The summed E-state index contributed by atoms with van der Waals surface area (Å²) in [7, 11) is 2.18. The summed E-state index contributed by atoms with van der Waals surface area (Å²) < 4.78 is 0. The van der Waals surface area contributed by atoms with Crippen LogP contribution in [0, 0.1) is 0 Å². The summed E-state index contributed by atoms with van der Waals surface area (Å²) >= 11 is 0. The number of benzene rings is 2. The largest absolute Gasteiger partial charge is 0.341 e. The third-order valence-electron chi connectivity index (χ3n) is 7.30. The summed E-state index contributed by atoms with van der Waals surface area (Å²) in [6.45, 7) is 3.41. The third-order valence-corrected chi connectivity index (χ3v) is 7.30. The average Bonchev–Trinajstić information content (AvgIpc) is 2.85. The summed E-state index contributed by atoms with van der Waals surface area (Å²) in [6, 6.07) is 17.7. The van der Waals surface area contributed by atoms with E-state index in [0.717, 1.165) is 6.54 Å². The van der Waals surface area contributed by atoms with Crippen molar-refractivity contribution in [3.8, 4) is 0 Å². The fourth-order valence-corrected chi connectivity index (χ4v) is 5.27. The van der Waals surface area contributed by atoms with Gasteiger partial charge in [0, 0.05) is 13.6 Å². The molecule has 0 aromatic heterocycles.